The minimum atomic E-state index is -1.16. The molecule has 1 aliphatic carbocycles. The van der Waals surface area contributed by atoms with Gasteiger partial charge in [0.25, 0.3) is 5.91 Å². The number of aryl methyl sites for hydroxylation is 1. The third kappa shape index (κ3) is 2.84. The maximum absolute atomic E-state index is 12.5. The predicted octanol–water partition coefficient (Wildman–Crippen LogP) is 2.95. The largest absolute Gasteiger partial charge is 0.476 e. The topological polar surface area (TPSA) is 84.2 Å². The Morgan fingerprint density at radius 3 is 2.70 bits per heavy atom. The molecule has 1 saturated carbocycles. The molecule has 2 N–H and O–H groups in total. The van der Waals surface area contributed by atoms with E-state index in [0.717, 1.165) is 12.8 Å². The molecule has 1 heterocycles. The van der Waals surface area contributed by atoms with Crippen LogP contribution in [-0.4, -0.2) is 26.8 Å². The van der Waals surface area contributed by atoms with E-state index in [9.17, 15) is 14.7 Å². The second-order valence-electron chi connectivity index (χ2n) is 5.95. The number of anilines is 1. The monoisotopic (exact) mass is 313 g/mol. The quantitative estimate of drug-likeness (QED) is 0.909. The first-order valence-corrected chi connectivity index (χ1v) is 7.65. The van der Waals surface area contributed by atoms with Crippen molar-refractivity contribution < 1.29 is 14.7 Å². The molecule has 120 valence electrons. The summed E-state index contributed by atoms with van der Waals surface area (Å²) in [5, 5.41) is 15.8. The number of carboxylic acid groups (broad SMARTS) is 1. The molecule has 0 spiro atoms. The van der Waals surface area contributed by atoms with Crippen molar-refractivity contribution in [1.82, 2.24) is 9.78 Å². The molecule has 0 bridgehead atoms. The van der Waals surface area contributed by atoms with E-state index in [0.29, 0.717) is 17.2 Å². The van der Waals surface area contributed by atoms with Crippen molar-refractivity contribution in [3.63, 3.8) is 0 Å². The first-order valence-electron chi connectivity index (χ1n) is 7.65. The number of aromatic carboxylic acids is 1. The Morgan fingerprint density at radius 2 is 2.09 bits per heavy atom. The van der Waals surface area contributed by atoms with Crippen LogP contribution in [0.15, 0.2) is 24.3 Å². The van der Waals surface area contributed by atoms with E-state index >= 15 is 0 Å². The number of amides is 1. The number of nitrogens with zero attached hydrogens (tertiary/aromatic N) is 2. The van der Waals surface area contributed by atoms with Gasteiger partial charge in [0.2, 0.25) is 0 Å². The van der Waals surface area contributed by atoms with Crippen LogP contribution in [-0.2, 0) is 7.05 Å². The zero-order valence-electron chi connectivity index (χ0n) is 13.2. The minimum absolute atomic E-state index is 0.145. The van der Waals surface area contributed by atoms with Gasteiger partial charge in [-0.3, -0.25) is 9.48 Å². The number of aromatic nitrogens is 2. The lowest BCUT2D eigenvalue weighted by molar-refractivity contribution is 0.0690. The molecular weight excluding hydrogens is 294 g/mol. The maximum atomic E-state index is 12.5. The molecule has 1 aromatic carbocycles. The van der Waals surface area contributed by atoms with Crippen molar-refractivity contribution in [1.29, 1.82) is 0 Å². The Balaban J connectivity index is 1.86. The molecule has 3 rings (SSSR count). The molecular formula is C17H19N3O3. The van der Waals surface area contributed by atoms with Gasteiger partial charge in [0.15, 0.2) is 5.69 Å². The molecule has 0 unspecified atom stereocenters. The Labute approximate surface area is 134 Å². The van der Waals surface area contributed by atoms with E-state index in [1.165, 1.54) is 16.7 Å². The zero-order chi connectivity index (χ0) is 16.6. The lowest BCUT2D eigenvalue weighted by Crippen LogP contribution is -2.16. The summed E-state index contributed by atoms with van der Waals surface area (Å²) in [6.07, 6.45) is 3.56. The van der Waals surface area contributed by atoms with Crippen LogP contribution >= 0.6 is 0 Å². The zero-order valence-corrected chi connectivity index (χ0v) is 13.2. The molecule has 23 heavy (non-hydrogen) atoms. The molecule has 0 aliphatic heterocycles. The van der Waals surface area contributed by atoms with Gasteiger partial charge in [-0.05, 0) is 43.4 Å². The third-order valence-electron chi connectivity index (χ3n) is 4.50. The summed E-state index contributed by atoms with van der Waals surface area (Å²) in [6, 6.07) is 7.55. The van der Waals surface area contributed by atoms with Crippen LogP contribution in [0.2, 0.25) is 0 Å². The Hall–Kier alpha value is -2.63. The normalized spacial score (nSPS) is 14.3. The van der Waals surface area contributed by atoms with Crippen molar-refractivity contribution >= 4 is 17.6 Å². The third-order valence-corrected chi connectivity index (χ3v) is 4.50. The van der Waals surface area contributed by atoms with Crippen LogP contribution < -0.4 is 5.32 Å². The Kier molecular flexibility index (Phi) is 3.90. The number of hydrogen-bond acceptors (Lipinski definition) is 3. The standard InChI is InChI=1S/C17H19N3O3/c1-10-14(15(17(22)23)19-20(10)2)18-16(21)13-8-4-7-12(9-13)11-5-3-6-11/h4,7-9,11H,3,5-6H2,1-2H3,(H,18,21)(H,22,23). The van der Waals surface area contributed by atoms with Crippen LogP contribution in [0, 0.1) is 6.92 Å². The smallest absolute Gasteiger partial charge is 0.358 e. The fourth-order valence-electron chi connectivity index (χ4n) is 2.77. The van der Waals surface area contributed by atoms with Gasteiger partial charge in [-0.15, -0.1) is 0 Å². The van der Waals surface area contributed by atoms with Gasteiger partial charge in [-0.25, -0.2) is 4.79 Å². The molecule has 0 saturated heterocycles. The summed E-state index contributed by atoms with van der Waals surface area (Å²) in [5.41, 5.74) is 2.41. The molecule has 2 aromatic rings. The Bertz CT molecular complexity index is 775. The number of nitrogens with one attached hydrogen (secondary N) is 1. The highest BCUT2D eigenvalue weighted by Gasteiger charge is 2.23. The summed E-state index contributed by atoms with van der Waals surface area (Å²) < 4.78 is 1.45. The van der Waals surface area contributed by atoms with E-state index in [2.05, 4.69) is 10.4 Å². The van der Waals surface area contributed by atoms with Gasteiger partial charge in [0.05, 0.1) is 11.4 Å². The van der Waals surface area contributed by atoms with Crippen molar-refractivity contribution in [2.24, 2.45) is 7.05 Å². The molecule has 0 radical (unpaired) electrons. The van der Waals surface area contributed by atoms with E-state index in [4.69, 9.17) is 0 Å². The molecule has 6 nitrogen and oxygen atoms in total. The molecule has 1 aliphatic rings. The van der Waals surface area contributed by atoms with Gasteiger partial charge in [0.1, 0.15) is 0 Å². The lowest BCUT2D eigenvalue weighted by Gasteiger charge is -2.26. The SMILES string of the molecule is Cc1c(NC(=O)c2cccc(C3CCC3)c2)c(C(=O)O)nn1C. The fourth-order valence-corrected chi connectivity index (χ4v) is 2.77. The molecule has 1 amide bonds. The van der Waals surface area contributed by atoms with Crippen LogP contribution in [0.1, 0.15) is 57.3 Å². The van der Waals surface area contributed by atoms with E-state index in [-0.39, 0.29) is 17.3 Å². The lowest BCUT2D eigenvalue weighted by atomic mass is 9.79. The van der Waals surface area contributed by atoms with Gasteiger partial charge in [-0.2, -0.15) is 5.10 Å². The molecule has 1 fully saturated rings. The number of benzene rings is 1. The summed E-state index contributed by atoms with van der Waals surface area (Å²) in [6.45, 7) is 1.72. The van der Waals surface area contributed by atoms with Crippen LogP contribution in [0.3, 0.4) is 0 Å². The van der Waals surface area contributed by atoms with Gasteiger partial charge >= 0.3 is 5.97 Å². The van der Waals surface area contributed by atoms with E-state index in [1.807, 2.05) is 18.2 Å². The highest BCUT2D eigenvalue weighted by Crippen LogP contribution is 2.36. The fraction of sp³-hybridized carbons (Fsp3) is 0.353. The molecule has 6 heteroatoms. The number of carbonyl (C=O) groups is 2. The van der Waals surface area contributed by atoms with E-state index < -0.39 is 5.97 Å². The van der Waals surface area contributed by atoms with Crippen LogP contribution in [0.25, 0.3) is 0 Å². The number of hydrogen-bond donors (Lipinski definition) is 2. The maximum Gasteiger partial charge on any atom is 0.358 e. The predicted molar refractivity (Wildman–Crippen MR) is 85.9 cm³/mol. The summed E-state index contributed by atoms with van der Waals surface area (Å²) >= 11 is 0. The van der Waals surface area contributed by atoms with Crippen LogP contribution in [0.4, 0.5) is 5.69 Å². The van der Waals surface area contributed by atoms with Crippen molar-refractivity contribution in [2.75, 3.05) is 5.32 Å². The first-order chi connectivity index (χ1) is 11.0. The summed E-state index contributed by atoms with van der Waals surface area (Å²) in [5.74, 6) is -0.936. The minimum Gasteiger partial charge on any atom is -0.476 e. The highest BCUT2D eigenvalue weighted by atomic mass is 16.4. The Morgan fingerprint density at radius 1 is 1.35 bits per heavy atom. The average molecular weight is 313 g/mol. The van der Waals surface area contributed by atoms with Crippen molar-refractivity contribution in [3.05, 3.63) is 46.8 Å². The summed E-state index contributed by atoms with van der Waals surface area (Å²) in [7, 11) is 1.65. The number of carbonyl (C=O) groups excluding carboxylic acids is 1. The van der Waals surface area contributed by atoms with Crippen LogP contribution in [0.5, 0.6) is 0 Å². The second kappa shape index (κ2) is 5.87. The molecule has 0 atom stereocenters. The molecule has 1 aromatic heterocycles. The highest BCUT2D eigenvalue weighted by molar-refractivity contribution is 6.07. The first kappa shape index (κ1) is 15.3. The average Bonchev–Trinajstić information content (AvgIpc) is 2.74. The van der Waals surface area contributed by atoms with Crippen molar-refractivity contribution in [2.45, 2.75) is 32.1 Å². The van der Waals surface area contributed by atoms with Gasteiger partial charge < -0.3 is 10.4 Å². The summed E-state index contributed by atoms with van der Waals surface area (Å²) in [4.78, 5) is 23.8. The van der Waals surface area contributed by atoms with Crippen molar-refractivity contribution in [3.8, 4) is 0 Å². The van der Waals surface area contributed by atoms with E-state index in [1.54, 1.807) is 20.0 Å². The van der Waals surface area contributed by atoms with Gasteiger partial charge in [-0.1, -0.05) is 18.6 Å². The number of carboxylic acids is 1. The second-order valence-corrected chi connectivity index (χ2v) is 5.95. The number of rotatable bonds is 4. The van der Waals surface area contributed by atoms with Gasteiger partial charge in [0, 0.05) is 12.6 Å².